The molecule has 1 heterocycles. The zero-order valence-electron chi connectivity index (χ0n) is 9.91. The molecule has 0 atom stereocenters. The van der Waals surface area contributed by atoms with Crippen LogP contribution in [-0.2, 0) is 14.1 Å². The Morgan fingerprint density at radius 3 is 2.44 bits per heavy atom. The Balaban J connectivity index is 3.19. The number of hydrogen-bond acceptors (Lipinski definition) is 4. The van der Waals surface area contributed by atoms with Crippen molar-refractivity contribution >= 4 is 5.82 Å². The SMILES string of the molecule is Cc1c(NCCCN)n(C)c(=O)n(C)c1=O. The third-order valence-electron chi connectivity index (χ3n) is 2.56. The molecule has 0 aliphatic carbocycles. The molecule has 16 heavy (non-hydrogen) atoms. The average molecular weight is 226 g/mol. The van der Waals surface area contributed by atoms with Gasteiger partial charge in [-0.2, -0.15) is 0 Å². The van der Waals surface area contributed by atoms with Gasteiger partial charge in [0.25, 0.3) is 5.56 Å². The van der Waals surface area contributed by atoms with Crippen molar-refractivity contribution in [2.75, 3.05) is 18.4 Å². The molecule has 0 amide bonds. The smallest absolute Gasteiger partial charge is 0.332 e. The van der Waals surface area contributed by atoms with Gasteiger partial charge in [-0.3, -0.25) is 13.9 Å². The maximum absolute atomic E-state index is 11.7. The van der Waals surface area contributed by atoms with E-state index in [0.29, 0.717) is 24.5 Å². The molecule has 0 aliphatic rings. The van der Waals surface area contributed by atoms with Crippen LogP contribution < -0.4 is 22.3 Å². The normalized spacial score (nSPS) is 10.5. The fraction of sp³-hybridized carbons (Fsp3) is 0.600. The molecule has 0 fully saturated rings. The van der Waals surface area contributed by atoms with E-state index in [1.54, 1.807) is 14.0 Å². The summed E-state index contributed by atoms with van der Waals surface area (Å²) >= 11 is 0. The number of anilines is 1. The van der Waals surface area contributed by atoms with Gasteiger partial charge in [0, 0.05) is 20.6 Å². The van der Waals surface area contributed by atoms with Gasteiger partial charge < -0.3 is 11.1 Å². The highest BCUT2D eigenvalue weighted by atomic mass is 16.2. The molecule has 0 bridgehead atoms. The van der Waals surface area contributed by atoms with Crippen molar-refractivity contribution in [1.82, 2.24) is 9.13 Å². The van der Waals surface area contributed by atoms with Crippen LogP contribution in [0, 0.1) is 6.92 Å². The summed E-state index contributed by atoms with van der Waals surface area (Å²) in [6.07, 6.45) is 0.794. The molecule has 0 radical (unpaired) electrons. The first-order valence-electron chi connectivity index (χ1n) is 5.21. The van der Waals surface area contributed by atoms with Crippen molar-refractivity contribution in [2.24, 2.45) is 19.8 Å². The highest BCUT2D eigenvalue weighted by Crippen LogP contribution is 2.05. The zero-order chi connectivity index (χ0) is 12.3. The van der Waals surface area contributed by atoms with Gasteiger partial charge in [0.1, 0.15) is 5.82 Å². The van der Waals surface area contributed by atoms with Gasteiger partial charge in [0.15, 0.2) is 0 Å². The fourth-order valence-corrected chi connectivity index (χ4v) is 1.57. The summed E-state index contributed by atoms with van der Waals surface area (Å²) < 4.78 is 2.54. The van der Waals surface area contributed by atoms with Gasteiger partial charge in [0.2, 0.25) is 0 Å². The largest absolute Gasteiger partial charge is 0.371 e. The Morgan fingerprint density at radius 1 is 1.25 bits per heavy atom. The lowest BCUT2D eigenvalue weighted by atomic mass is 10.3. The molecule has 0 saturated heterocycles. The molecule has 1 aromatic rings. The minimum Gasteiger partial charge on any atom is -0.371 e. The van der Waals surface area contributed by atoms with Crippen LogP contribution in [0.25, 0.3) is 0 Å². The summed E-state index contributed by atoms with van der Waals surface area (Å²) in [5.41, 5.74) is 5.33. The molecule has 6 heteroatoms. The minimum absolute atomic E-state index is 0.265. The van der Waals surface area contributed by atoms with Crippen molar-refractivity contribution in [3.8, 4) is 0 Å². The Hall–Kier alpha value is -1.56. The summed E-state index contributed by atoms with van der Waals surface area (Å²) in [6.45, 7) is 2.93. The Kier molecular flexibility index (Phi) is 3.89. The van der Waals surface area contributed by atoms with E-state index in [1.165, 1.54) is 11.6 Å². The highest BCUT2D eigenvalue weighted by molar-refractivity contribution is 5.42. The second-order valence-electron chi connectivity index (χ2n) is 3.75. The number of nitrogens with one attached hydrogen (secondary N) is 1. The lowest BCUT2D eigenvalue weighted by Crippen LogP contribution is -2.39. The maximum atomic E-state index is 11.7. The predicted molar refractivity (Wildman–Crippen MR) is 63.8 cm³/mol. The summed E-state index contributed by atoms with van der Waals surface area (Å²) in [7, 11) is 3.11. The first-order chi connectivity index (χ1) is 7.50. The van der Waals surface area contributed by atoms with Crippen LogP contribution in [0.15, 0.2) is 9.59 Å². The minimum atomic E-state index is -0.328. The van der Waals surface area contributed by atoms with Gasteiger partial charge in [-0.25, -0.2) is 4.79 Å². The third kappa shape index (κ3) is 2.16. The average Bonchev–Trinajstić information content (AvgIpc) is 2.28. The molecule has 0 aromatic carbocycles. The zero-order valence-corrected chi connectivity index (χ0v) is 9.91. The number of aromatic nitrogens is 2. The standard InChI is InChI=1S/C10H18N4O2/c1-7-8(12-6-4-5-11)13(2)10(16)14(3)9(7)15/h12H,4-6,11H2,1-3H3. The maximum Gasteiger partial charge on any atom is 0.332 e. The fourth-order valence-electron chi connectivity index (χ4n) is 1.57. The first kappa shape index (κ1) is 12.5. The summed E-state index contributed by atoms with van der Waals surface area (Å²) in [6, 6.07) is 0. The monoisotopic (exact) mass is 226 g/mol. The van der Waals surface area contributed by atoms with Crippen molar-refractivity contribution in [1.29, 1.82) is 0 Å². The number of hydrogen-bond donors (Lipinski definition) is 2. The van der Waals surface area contributed by atoms with Crippen LogP contribution in [0.4, 0.5) is 5.82 Å². The first-order valence-corrected chi connectivity index (χ1v) is 5.21. The van der Waals surface area contributed by atoms with E-state index < -0.39 is 0 Å². The van der Waals surface area contributed by atoms with E-state index in [4.69, 9.17) is 5.73 Å². The number of rotatable bonds is 4. The van der Waals surface area contributed by atoms with Crippen LogP contribution in [0.5, 0.6) is 0 Å². The lowest BCUT2D eigenvalue weighted by Gasteiger charge is -2.14. The van der Waals surface area contributed by atoms with Crippen LogP contribution in [0.2, 0.25) is 0 Å². The van der Waals surface area contributed by atoms with Crippen molar-refractivity contribution < 1.29 is 0 Å². The predicted octanol–water partition coefficient (Wildman–Crippen LogP) is -0.847. The second-order valence-corrected chi connectivity index (χ2v) is 3.75. The molecular weight excluding hydrogens is 208 g/mol. The third-order valence-corrected chi connectivity index (χ3v) is 2.56. The van der Waals surface area contributed by atoms with E-state index in [2.05, 4.69) is 5.32 Å². The number of nitrogens with two attached hydrogens (primary N) is 1. The summed E-state index contributed by atoms with van der Waals surface area (Å²) in [4.78, 5) is 23.3. The van der Waals surface area contributed by atoms with Gasteiger partial charge in [-0.05, 0) is 19.9 Å². The van der Waals surface area contributed by atoms with Crippen molar-refractivity contribution in [3.05, 3.63) is 26.4 Å². The van der Waals surface area contributed by atoms with Gasteiger partial charge in [-0.1, -0.05) is 0 Å². The molecule has 90 valence electrons. The molecule has 0 saturated carbocycles. The summed E-state index contributed by atoms with van der Waals surface area (Å²) in [5.74, 6) is 0.571. The van der Waals surface area contributed by atoms with E-state index in [9.17, 15) is 9.59 Å². The quantitative estimate of drug-likeness (QED) is 0.655. The summed E-state index contributed by atoms with van der Waals surface area (Å²) in [5, 5.41) is 3.06. The van der Waals surface area contributed by atoms with E-state index in [-0.39, 0.29) is 11.2 Å². The molecule has 6 nitrogen and oxygen atoms in total. The van der Waals surface area contributed by atoms with Crippen LogP contribution in [0.3, 0.4) is 0 Å². The van der Waals surface area contributed by atoms with E-state index >= 15 is 0 Å². The molecule has 0 aliphatic heterocycles. The highest BCUT2D eigenvalue weighted by Gasteiger charge is 2.10. The lowest BCUT2D eigenvalue weighted by molar-refractivity contribution is 0.678. The second kappa shape index (κ2) is 4.98. The molecular formula is C10H18N4O2. The van der Waals surface area contributed by atoms with Crippen LogP contribution >= 0.6 is 0 Å². The van der Waals surface area contributed by atoms with Crippen LogP contribution in [0.1, 0.15) is 12.0 Å². The van der Waals surface area contributed by atoms with Gasteiger partial charge >= 0.3 is 5.69 Å². The van der Waals surface area contributed by atoms with Gasteiger partial charge in [-0.15, -0.1) is 0 Å². The molecule has 0 spiro atoms. The molecule has 3 N–H and O–H groups in total. The molecule has 1 aromatic heterocycles. The molecule has 0 unspecified atom stereocenters. The molecule has 1 rings (SSSR count). The van der Waals surface area contributed by atoms with Crippen LogP contribution in [-0.4, -0.2) is 22.2 Å². The Bertz CT molecular complexity index is 450. The van der Waals surface area contributed by atoms with E-state index in [1.807, 2.05) is 0 Å². The van der Waals surface area contributed by atoms with Crippen molar-refractivity contribution in [2.45, 2.75) is 13.3 Å². The number of nitrogens with zero attached hydrogens (tertiary/aromatic N) is 2. The Labute approximate surface area is 93.7 Å². The topological polar surface area (TPSA) is 82.0 Å². The van der Waals surface area contributed by atoms with Crippen molar-refractivity contribution in [3.63, 3.8) is 0 Å². The van der Waals surface area contributed by atoms with E-state index in [0.717, 1.165) is 11.0 Å². The van der Waals surface area contributed by atoms with Gasteiger partial charge in [0.05, 0.1) is 5.56 Å². The Morgan fingerprint density at radius 2 is 1.88 bits per heavy atom.